The van der Waals surface area contributed by atoms with Crippen LogP contribution in [-0.4, -0.2) is 38.1 Å². The van der Waals surface area contributed by atoms with Gasteiger partial charge in [0.1, 0.15) is 5.82 Å². The number of anilines is 1. The monoisotopic (exact) mass is 506 g/mol. The molecule has 0 saturated carbocycles. The highest BCUT2D eigenvalue weighted by Gasteiger charge is 2.37. The van der Waals surface area contributed by atoms with E-state index in [-0.39, 0.29) is 12.2 Å². The summed E-state index contributed by atoms with van der Waals surface area (Å²) in [5, 5.41) is 0.425. The zero-order valence-electron chi connectivity index (χ0n) is 17.0. The largest absolute Gasteiger partial charge is 0.389 e. The van der Waals surface area contributed by atoms with Crippen molar-refractivity contribution in [2.75, 3.05) is 10.7 Å². The van der Waals surface area contributed by atoms with Gasteiger partial charge in [-0.2, -0.15) is 13.2 Å². The SMILES string of the molecule is N[C@H]1CS(=O)(=O)c2cc(F)c(C(=O)CCCC(F)(F)F)cc2N(Cc2ccc(Cl)cc2)C1=O. The minimum absolute atomic E-state index is 0.153. The molecule has 0 aromatic heterocycles. The van der Waals surface area contributed by atoms with Crippen LogP contribution >= 0.6 is 11.6 Å². The number of amides is 1. The van der Waals surface area contributed by atoms with Crippen molar-refractivity contribution in [2.45, 2.75) is 42.9 Å². The Kier molecular flexibility index (Phi) is 7.15. The molecule has 0 spiro atoms. The number of alkyl halides is 3. The fourth-order valence-corrected chi connectivity index (χ4v) is 5.14. The fourth-order valence-electron chi connectivity index (χ4n) is 3.45. The van der Waals surface area contributed by atoms with E-state index in [1.54, 1.807) is 24.3 Å². The predicted octanol–water partition coefficient (Wildman–Crippen LogP) is 4.04. The molecule has 2 aromatic carbocycles. The number of benzene rings is 2. The Morgan fingerprint density at radius 2 is 1.82 bits per heavy atom. The molecule has 6 nitrogen and oxygen atoms in total. The van der Waals surface area contributed by atoms with Crippen molar-refractivity contribution in [3.63, 3.8) is 0 Å². The van der Waals surface area contributed by atoms with Crippen LogP contribution in [0.5, 0.6) is 0 Å². The molecule has 2 N–H and O–H groups in total. The third-order valence-electron chi connectivity index (χ3n) is 5.08. The van der Waals surface area contributed by atoms with Gasteiger partial charge < -0.3 is 10.6 Å². The lowest BCUT2D eigenvalue weighted by Crippen LogP contribution is -2.45. The number of carbonyl (C=O) groups is 2. The molecule has 0 fully saturated rings. The van der Waals surface area contributed by atoms with Crippen molar-refractivity contribution in [1.29, 1.82) is 0 Å². The molecule has 1 amide bonds. The van der Waals surface area contributed by atoms with Gasteiger partial charge in [-0.1, -0.05) is 23.7 Å². The molecule has 2 aromatic rings. The molecule has 0 bridgehead atoms. The van der Waals surface area contributed by atoms with E-state index < -0.39 is 75.0 Å². The lowest BCUT2D eigenvalue weighted by Gasteiger charge is -2.25. The summed E-state index contributed by atoms with van der Waals surface area (Å²) < 4.78 is 77.4. The molecule has 0 aliphatic carbocycles. The summed E-state index contributed by atoms with van der Waals surface area (Å²) in [4.78, 5) is 25.9. The number of rotatable bonds is 6. The van der Waals surface area contributed by atoms with Gasteiger partial charge in [0.15, 0.2) is 15.6 Å². The highest BCUT2D eigenvalue weighted by atomic mass is 35.5. The van der Waals surface area contributed by atoms with Gasteiger partial charge in [-0.05, 0) is 36.2 Å². The molecule has 0 radical (unpaired) electrons. The molecule has 1 heterocycles. The molecule has 1 atom stereocenters. The maximum atomic E-state index is 14.7. The van der Waals surface area contributed by atoms with Crippen LogP contribution in [-0.2, 0) is 21.2 Å². The van der Waals surface area contributed by atoms with E-state index in [1.165, 1.54) is 0 Å². The number of ketones is 1. The number of halogens is 5. The molecular weight excluding hydrogens is 488 g/mol. The average molecular weight is 507 g/mol. The predicted molar refractivity (Wildman–Crippen MR) is 113 cm³/mol. The Bertz CT molecular complexity index is 1180. The van der Waals surface area contributed by atoms with E-state index >= 15 is 0 Å². The number of nitrogens with zero attached hydrogens (tertiary/aromatic N) is 1. The van der Waals surface area contributed by atoms with Crippen LogP contribution in [0.15, 0.2) is 41.3 Å². The van der Waals surface area contributed by atoms with Crippen LogP contribution in [0.25, 0.3) is 0 Å². The summed E-state index contributed by atoms with van der Waals surface area (Å²) in [6, 6.07) is 6.35. The van der Waals surface area contributed by atoms with Crippen molar-refractivity contribution in [3.8, 4) is 0 Å². The summed E-state index contributed by atoms with van der Waals surface area (Å²) in [7, 11) is -4.20. The van der Waals surface area contributed by atoms with Crippen molar-refractivity contribution < 1.29 is 35.6 Å². The van der Waals surface area contributed by atoms with E-state index in [4.69, 9.17) is 17.3 Å². The highest BCUT2D eigenvalue weighted by Crippen LogP contribution is 2.34. The van der Waals surface area contributed by atoms with Crippen molar-refractivity contribution in [1.82, 2.24) is 0 Å². The van der Waals surface area contributed by atoms with Gasteiger partial charge in [0.2, 0.25) is 5.91 Å². The first kappa shape index (κ1) is 25.1. The topological polar surface area (TPSA) is 97.5 Å². The molecule has 0 saturated heterocycles. The van der Waals surface area contributed by atoms with E-state index in [1.807, 2.05) is 0 Å². The van der Waals surface area contributed by atoms with Crippen LogP contribution < -0.4 is 10.6 Å². The van der Waals surface area contributed by atoms with E-state index in [0.717, 1.165) is 11.0 Å². The molecule has 12 heteroatoms. The Morgan fingerprint density at radius 3 is 2.42 bits per heavy atom. The van der Waals surface area contributed by atoms with Crippen molar-refractivity contribution in [2.24, 2.45) is 5.73 Å². The molecule has 3 rings (SSSR count). The third-order valence-corrected chi connectivity index (χ3v) is 7.12. The summed E-state index contributed by atoms with van der Waals surface area (Å²) in [6.07, 6.45) is -6.86. The number of sulfone groups is 1. The second-order valence-corrected chi connectivity index (χ2v) is 10.1. The number of hydrogen-bond acceptors (Lipinski definition) is 5. The molecule has 1 aliphatic rings. The standard InChI is InChI=1S/C21H19ClF4N2O4S/c22-13-5-3-12(4-6-13)10-28-17-8-14(18(29)2-1-7-21(24,25)26)15(23)9-19(17)33(31,32)11-16(27)20(28)30/h3-6,8-9,16H,1-2,7,10-11,27H2/t16-/m0/s1. The number of carbonyl (C=O) groups excluding carboxylic acids is 2. The van der Waals surface area contributed by atoms with Crippen LogP contribution in [0.1, 0.15) is 35.2 Å². The Morgan fingerprint density at radius 1 is 1.18 bits per heavy atom. The Labute approximate surface area is 192 Å². The number of Topliss-reactive ketones (excluding diaryl/α,β-unsaturated/α-hetero) is 1. The summed E-state index contributed by atoms with van der Waals surface area (Å²) >= 11 is 5.86. The van der Waals surface area contributed by atoms with Crippen molar-refractivity contribution >= 4 is 38.8 Å². The van der Waals surface area contributed by atoms with Crippen LogP contribution in [0.3, 0.4) is 0 Å². The van der Waals surface area contributed by atoms with Gasteiger partial charge in [0, 0.05) is 17.9 Å². The first-order valence-corrected chi connectivity index (χ1v) is 11.8. The third kappa shape index (κ3) is 5.90. The van der Waals surface area contributed by atoms with Gasteiger partial charge >= 0.3 is 6.18 Å². The number of hydrogen-bond donors (Lipinski definition) is 1. The summed E-state index contributed by atoms with van der Waals surface area (Å²) in [5.74, 6) is -3.68. The zero-order chi connectivity index (χ0) is 24.6. The summed E-state index contributed by atoms with van der Waals surface area (Å²) in [6.45, 7) is -0.153. The quantitative estimate of drug-likeness (QED) is 0.471. The van der Waals surface area contributed by atoms with Gasteiger partial charge in [0.25, 0.3) is 0 Å². The van der Waals surface area contributed by atoms with Crippen LogP contribution in [0.2, 0.25) is 5.02 Å². The smallest absolute Gasteiger partial charge is 0.319 e. The highest BCUT2D eigenvalue weighted by molar-refractivity contribution is 7.91. The second kappa shape index (κ2) is 9.40. The molecule has 1 aliphatic heterocycles. The minimum Gasteiger partial charge on any atom is -0.319 e. The van der Waals surface area contributed by atoms with Crippen LogP contribution in [0, 0.1) is 5.82 Å². The molecule has 178 valence electrons. The number of nitrogens with two attached hydrogens (primary N) is 1. The fraction of sp³-hybridized carbons (Fsp3) is 0.333. The lowest BCUT2D eigenvalue weighted by atomic mass is 10.0. The van der Waals surface area contributed by atoms with Gasteiger partial charge in [-0.25, -0.2) is 12.8 Å². The molecular formula is C21H19ClF4N2O4S. The van der Waals surface area contributed by atoms with Gasteiger partial charge in [-0.15, -0.1) is 0 Å². The average Bonchev–Trinajstić information content (AvgIpc) is 2.77. The Balaban J connectivity index is 2.05. The molecule has 0 unspecified atom stereocenters. The maximum Gasteiger partial charge on any atom is 0.389 e. The first-order valence-electron chi connectivity index (χ1n) is 9.76. The van der Waals surface area contributed by atoms with E-state index in [9.17, 15) is 35.6 Å². The van der Waals surface area contributed by atoms with Gasteiger partial charge in [0.05, 0.1) is 34.5 Å². The first-order chi connectivity index (χ1) is 15.3. The van der Waals surface area contributed by atoms with E-state index in [2.05, 4.69) is 0 Å². The summed E-state index contributed by atoms with van der Waals surface area (Å²) in [5.41, 5.74) is 5.47. The van der Waals surface area contributed by atoms with Gasteiger partial charge in [-0.3, -0.25) is 9.59 Å². The number of fused-ring (bicyclic) bond motifs is 1. The minimum atomic E-state index is -4.47. The van der Waals surface area contributed by atoms with Crippen LogP contribution in [0.4, 0.5) is 23.2 Å². The normalized spacial score (nSPS) is 18.1. The zero-order valence-corrected chi connectivity index (χ0v) is 18.6. The molecule has 33 heavy (non-hydrogen) atoms. The van der Waals surface area contributed by atoms with E-state index in [0.29, 0.717) is 16.7 Å². The maximum absolute atomic E-state index is 14.7. The Hall–Kier alpha value is -2.50. The second-order valence-electron chi connectivity index (χ2n) is 7.63. The van der Waals surface area contributed by atoms with Crippen molar-refractivity contribution in [3.05, 3.63) is 58.4 Å². The lowest BCUT2D eigenvalue weighted by molar-refractivity contribution is -0.135.